The minimum absolute atomic E-state index is 0.0346. The number of hydrogen-bond acceptors (Lipinski definition) is 3. The van der Waals surface area contributed by atoms with Crippen LogP contribution in [0.2, 0.25) is 0 Å². The Morgan fingerprint density at radius 3 is 2.11 bits per heavy atom. The van der Waals surface area contributed by atoms with Crippen LogP contribution in [0, 0.1) is 34.0 Å². The van der Waals surface area contributed by atoms with Gasteiger partial charge in [0.2, 0.25) is 0 Å². The number of nitriles is 2. The fourth-order valence-electron chi connectivity index (χ4n) is 1.77. The first kappa shape index (κ1) is 11.8. The van der Waals surface area contributed by atoms with Crippen molar-refractivity contribution in [2.45, 2.75) is 0 Å². The number of ketones is 1. The molecule has 2 rings (SSSR count). The Morgan fingerprint density at radius 1 is 1.06 bits per heavy atom. The summed E-state index contributed by atoms with van der Waals surface area (Å²) in [5.41, 5.74) is -0.605. The Labute approximate surface area is 105 Å². The lowest BCUT2D eigenvalue weighted by atomic mass is 9.82. The van der Waals surface area contributed by atoms with E-state index in [0.717, 1.165) is 0 Å². The largest absolute Gasteiger partial charge is 0.293 e. The lowest BCUT2D eigenvalue weighted by Gasteiger charge is -2.16. The first-order valence-electron chi connectivity index (χ1n) is 5.51. The van der Waals surface area contributed by atoms with Gasteiger partial charge >= 0.3 is 0 Å². The molecule has 1 aromatic rings. The van der Waals surface area contributed by atoms with Crippen LogP contribution in [-0.2, 0) is 0 Å². The average Bonchev–Trinajstić information content (AvgIpc) is 2.47. The molecule has 0 bridgehead atoms. The standard InChI is InChI=1S/C15H10N2O/c16-10-15(11-17)8-6-13(7-9-15)14(18)12-4-2-1-3-5-12/h1-9,13H. The first-order chi connectivity index (χ1) is 8.71. The number of rotatable bonds is 2. The van der Waals surface area contributed by atoms with Gasteiger partial charge in [0.05, 0.1) is 18.1 Å². The van der Waals surface area contributed by atoms with Gasteiger partial charge < -0.3 is 0 Å². The van der Waals surface area contributed by atoms with E-state index in [4.69, 9.17) is 10.5 Å². The fraction of sp³-hybridized carbons (Fsp3) is 0.133. The van der Waals surface area contributed by atoms with E-state index in [2.05, 4.69) is 0 Å². The van der Waals surface area contributed by atoms with Gasteiger partial charge in [-0.05, 0) is 12.2 Å². The second-order valence-electron chi connectivity index (χ2n) is 4.07. The van der Waals surface area contributed by atoms with E-state index >= 15 is 0 Å². The summed E-state index contributed by atoms with van der Waals surface area (Å²) in [6, 6.07) is 12.8. The number of hydrogen-bond donors (Lipinski definition) is 0. The third-order valence-electron chi connectivity index (χ3n) is 2.86. The van der Waals surface area contributed by atoms with Crippen LogP contribution in [0.4, 0.5) is 0 Å². The van der Waals surface area contributed by atoms with Gasteiger partial charge in [-0.25, -0.2) is 0 Å². The molecule has 86 valence electrons. The second-order valence-corrected chi connectivity index (χ2v) is 4.07. The maximum Gasteiger partial charge on any atom is 0.179 e. The smallest absolute Gasteiger partial charge is 0.179 e. The minimum atomic E-state index is -1.23. The molecule has 1 aliphatic rings. The van der Waals surface area contributed by atoms with Crippen molar-refractivity contribution in [3.8, 4) is 12.1 Å². The predicted octanol–water partition coefficient (Wildman–Crippen LogP) is 2.65. The fourth-order valence-corrected chi connectivity index (χ4v) is 1.77. The molecule has 0 saturated heterocycles. The molecular weight excluding hydrogens is 224 g/mol. The molecule has 0 aliphatic heterocycles. The molecule has 0 atom stereocenters. The first-order valence-corrected chi connectivity index (χ1v) is 5.51. The predicted molar refractivity (Wildman–Crippen MR) is 66.2 cm³/mol. The molecule has 0 radical (unpaired) electrons. The molecule has 0 amide bonds. The van der Waals surface area contributed by atoms with Gasteiger partial charge in [0.25, 0.3) is 0 Å². The van der Waals surface area contributed by atoms with E-state index in [0.29, 0.717) is 5.56 Å². The molecule has 0 unspecified atom stereocenters. The quantitative estimate of drug-likeness (QED) is 0.583. The van der Waals surface area contributed by atoms with Crippen molar-refractivity contribution >= 4 is 5.78 Å². The maximum absolute atomic E-state index is 12.1. The third kappa shape index (κ3) is 2.07. The van der Waals surface area contributed by atoms with Gasteiger partial charge in [0.1, 0.15) is 0 Å². The Hall–Kier alpha value is -2.65. The summed E-state index contributed by atoms with van der Waals surface area (Å²) >= 11 is 0. The highest BCUT2D eigenvalue weighted by molar-refractivity contribution is 6.00. The Kier molecular flexibility index (Phi) is 3.08. The minimum Gasteiger partial charge on any atom is -0.293 e. The molecular formula is C15H10N2O. The lowest BCUT2D eigenvalue weighted by Crippen LogP contribution is -2.18. The molecule has 3 heteroatoms. The average molecular weight is 234 g/mol. The summed E-state index contributed by atoms with van der Waals surface area (Å²) in [4.78, 5) is 12.1. The number of Topliss-reactive ketones (excluding diaryl/α,β-unsaturated/α-hetero) is 1. The zero-order valence-electron chi connectivity index (χ0n) is 9.58. The second kappa shape index (κ2) is 4.69. The van der Waals surface area contributed by atoms with Gasteiger partial charge in [-0.2, -0.15) is 10.5 Å². The van der Waals surface area contributed by atoms with E-state index in [9.17, 15) is 4.79 Å². The Balaban J connectivity index is 2.22. The molecule has 0 fully saturated rings. The molecule has 1 aliphatic carbocycles. The summed E-state index contributed by atoms with van der Waals surface area (Å²) in [7, 11) is 0. The van der Waals surface area contributed by atoms with Crippen molar-refractivity contribution < 1.29 is 4.79 Å². The third-order valence-corrected chi connectivity index (χ3v) is 2.86. The number of allylic oxidation sites excluding steroid dienone is 4. The summed E-state index contributed by atoms with van der Waals surface area (Å²) in [6.07, 6.45) is 6.19. The summed E-state index contributed by atoms with van der Waals surface area (Å²) in [6.45, 7) is 0. The van der Waals surface area contributed by atoms with Gasteiger partial charge in [-0.1, -0.05) is 42.5 Å². The van der Waals surface area contributed by atoms with E-state index in [1.54, 1.807) is 36.4 Å². The van der Waals surface area contributed by atoms with Crippen molar-refractivity contribution in [1.82, 2.24) is 0 Å². The summed E-state index contributed by atoms with van der Waals surface area (Å²) in [5.74, 6) is -0.435. The van der Waals surface area contributed by atoms with Crippen LogP contribution in [0.5, 0.6) is 0 Å². The SMILES string of the molecule is N#CC1(C#N)C=CC(C(=O)c2ccccc2)C=C1. The highest BCUT2D eigenvalue weighted by atomic mass is 16.1. The van der Waals surface area contributed by atoms with E-state index in [-0.39, 0.29) is 5.78 Å². The van der Waals surface area contributed by atoms with Crippen LogP contribution < -0.4 is 0 Å². The Morgan fingerprint density at radius 2 is 1.61 bits per heavy atom. The zero-order chi connectivity index (χ0) is 13.0. The van der Waals surface area contributed by atoms with Crippen LogP contribution in [-0.4, -0.2) is 5.78 Å². The van der Waals surface area contributed by atoms with Gasteiger partial charge in [-0.15, -0.1) is 0 Å². The number of nitrogens with zero attached hydrogens (tertiary/aromatic N) is 2. The molecule has 0 saturated carbocycles. The molecule has 3 nitrogen and oxygen atoms in total. The van der Waals surface area contributed by atoms with Crippen molar-refractivity contribution in [3.05, 3.63) is 60.2 Å². The molecule has 18 heavy (non-hydrogen) atoms. The van der Waals surface area contributed by atoms with Crippen molar-refractivity contribution in [2.24, 2.45) is 11.3 Å². The Bertz CT molecular complexity index is 570. The van der Waals surface area contributed by atoms with Crippen LogP contribution >= 0.6 is 0 Å². The van der Waals surface area contributed by atoms with Crippen molar-refractivity contribution in [3.63, 3.8) is 0 Å². The van der Waals surface area contributed by atoms with Gasteiger partial charge in [-0.3, -0.25) is 4.79 Å². The topological polar surface area (TPSA) is 64.7 Å². The van der Waals surface area contributed by atoms with E-state index in [1.165, 1.54) is 12.2 Å². The molecule has 0 spiro atoms. The molecule has 0 aromatic heterocycles. The normalized spacial score (nSPS) is 16.8. The number of carbonyl (C=O) groups excluding carboxylic acids is 1. The summed E-state index contributed by atoms with van der Waals surface area (Å²) in [5, 5.41) is 17.8. The monoisotopic (exact) mass is 234 g/mol. The van der Waals surface area contributed by atoms with Crippen molar-refractivity contribution in [2.75, 3.05) is 0 Å². The van der Waals surface area contributed by atoms with E-state index < -0.39 is 11.3 Å². The molecule has 1 aromatic carbocycles. The van der Waals surface area contributed by atoms with E-state index in [1.807, 2.05) is 18.2 Å². The number of carbonyl (C=O) groups is 1. The van der Waals surface area contributed by atoms with Crippen LogP contribution in [0.3, 0.4) is 0 Å². The molecule has 0 N–H and O–H groups in total. The van der Waals surface area contributed by atoms with Crippen LogP contribution in [0.15, 0.2) is 54.6 Å². The highest BCUT2D eigenvalue weighted by Crippen LogP contribution is 2.27. The highest BCUT2D eigenvalue weighted by Gasteiger charge is 2.28. The maximum atomic E-state index is 12.1. The zero-order valence-corrected chi connectivity index (χ0v) is 9.58. The van der Waals surface area contributed by atoms with Crippen molar-refractivity contribution in [1.29, 1.82) is 10.5 Å². The van der Waals surface area contributed by atoms with Gasteiger partial charge in [0.15, 0.2) is 11.2 Å². The summed E-state index contributed by atoms with van der Waals surface area (Å²) < 4.78 is 0. The van der Waals surface area contributed by atoms with Crippen LogP contribution in [0.1, 0.15) is 10.4 Å². The lowest BCUT2D eigenvalue weighted by molar-refractivity contribution is 0.0964. The molecule has 0 heterocycles. The van der Waals surface area contributed by atoms with Gasteiger partial charge in [0, 0.05) is 5.56 Å². The number of benzene rings is 1. The van der Waals surface area contributed by atoms with Crippen LogP contribution in [0.25, 0.3) is 0 Å².